The highest BCUT2D eigenvalue weighted by molar-refractivity contribution is 6.32. The molecule has 1 unspecified atom stereocenters. The van der Waals surface area contributed by atoms with Gasteiger partial charge in [0.25, 0.3) is 11.6 Å². The van der Waals surface area contributed by atoms with Crippen LogP contribution in [0.4, 0.5) is 11.4 Å². The van der Waals surface area contributed by atoms with E-state index in [1.54, 1.807) is 19.9 Å². The van der Waals surface area contributed by atoms with Crippen LogP contribution in [0.1, 0.15) is 20.3 Å². The summed E-state index contributed by atoms with van der Waals surface area (Å²) in [5.41, 5.74) is -0.480. The van der Waals surface area contributed by atoms with Crippen LogP contribution in [-0.4, -0.2) is 27.9 Å². The van der Waals surface area contributed by atoms with Crippen LogP contribution in [0.2, 0.25) is 5.02 Å². The molecule has 0 aliphatic heterocycles. The number of carbonyl (C=O) groups excluding carboxylic acids is 1. The standard InChI is InChI=1S/C16H17ClN4O5/c1-9(2)5-13(16(23)24)20-15(22)10(7-18)8-19-11-3-4-12(17)14(6-11)21(25)26/h3-4,6,8-9,13,19H,5H2,1-2H3,(H,20,22)(H,23,24)/b10-8-. The fourth-order valence-corrected chi connectivity index (χ4v) is 2.16. The van der Waals surface area contributed by atoms with E-state index < -0.39 is 22.8 Å². The molecule has 0 saturated heterocycles. The first-order chi connectivity index (χ1) is 12.1. The molecular weight excluding hydrogens is 364 g/mol. The third-order valence-corrected chi connectivity index (χ3v) is 3.52. The van der Waals surface area contributed by atoms with Crippen molar-refractivity contribution in [1.82, 2.24) is 5.32 Å². The van der Waals surface area contributed by atoms with E-state index in [1.165, 1.54) is 12.1 Å². The lowest BCUT2D eigenvalue weighted by molar-refractivity contribution is -0.384. The molecule has 0 saturated carbocycles. The van der Waals surface area contributed by atoms with Gasteiger partial charge in [0, 0.05) is 18.0 Å². The lowest BCUT2D eigenvalue weighted by Gasteiger charge is -2.16. The number of halogens is 1. The third-order valence-electron chi connectivity index (χ3n) is 3.20. The van der Waals surface area contributed by atoms with Crippen molar-refractivity contribution >= 4 is 34.9 Å². The largest absolute Gasteiger partial charge is 0.480 e. The Morgan fingerprint density at radius 3 is 2.62 bits per heavy atom. The van der Waals surface area contributed by atoms with Crippen molar-refractivity contribution in [3.8, 4) is 6.07 Å². The maximum atomic E-state index is 12.1. The van der Waals surface area contributed by atoms with Gasteiger partial charge >= 0.3 is 5.97 Å². The van der Waals surface area contributed by atoms with Gasteiger partial charge in [0.15, 0.2) is 0 Å². The van der Waals surface area contributed by atoms with Crippen molar-refractivity contribution in [2.24, 2.45) is 5.92 Å². The number of carboxylic acids is 1. The Morgan fingerprint density at radius 1 is 1.46 bits per heavy atom. The molecule has 1 aromatic carbocycles. The van der Waals surface area contributed by atoms with E-state index in [-0.39, 0.29) is 34.3 Å². The highest BCUT2D eigenvalue weighted by Gasteiger charge is 2.23. The molecule has 10 heteroatoms. The number of hydrogen-bond donors (Lipinski definition) is 3. The van der Waals surface area contributed by atoms with Crippen molar-refractivity contribution in [2.45, 2.75) is 26.3 Å². The number of carboxylic acid groups (broad SMARTS) is 1. The molecule has 0 fully saturated rings. The average Bonchev–Trinajstić information content (AvgIpc) is 2.55. The van der Waals surface area contributed by atoms with E-state index in [9.17, 15) is 19.7 Å². The number of nitrogens with zero attached hydrogens (tertiary/aromatic N) is 2. The molecule has 0 aromatic heterocycles. The Labute approximate surface area is 154 Å². The fraction of sp³-hybridized carbons (Fsp3) is 0.312. The van der Waals surface area contributed by atoms with Crippen molar-refractivity contribution in [1.29, 1.82) is 5.26 Å². The van der Waals surface area contributed by atoms with E-state index in [2.05, 4.69) is 10.6 Å². The van der Waals surface area contributed by atoms with E-state index in [0.717, 1.165) is 12.3 Å². The SMILES string of the molecule is CC(C)CC(NC(=O)/C(C#N)=C\Nc1ccc(Cl)c([N+](=O)[O-])c1)C(=O)O. The van der Waals surface area contributed by atoms with Crippen molar-refractivity contribution in [2.75, 3.05) is 5.32 Å². The Kier molecular flexibility index (Phi) is 7.55. The third kappa shape index (κ3) is 6.07. The molecule has 0 heterocycles. The molecule has 1 aromatic rings. The van der Waals surface area contributed by atoms with Crippen LogP contribution >= 0.6 is 11.6 Å². The average molecular weight is 381 g/mol. The predicted octanol–water partition coefficient (Wildman–Crippen LogP) is 2.68. The van der Waals surface area contributed by atoms with Gasteiger partial charge in [0.05, 0.1) is 4.92 Å². The van der Waals surface area contributed by atoms with Crippen LogP contribution < -0.4 is 10.6 Å². The van der Waals surface area contributed by atoms with E-state index in [0.29, 0.717) is 0 Å². The summed E-state index contributed by atoms with van der Waals surface area (Å²) in [4.78, 5) is 33.5. The summed E-state index contributed by atoms with van der Waals surface area (Å²) in [6.07, 6.45) is 1.24. The van der Waals surface area contributed by atoms with Gasteiger partial charge in [-0.05, 0) is 24.5 Å². The zero-order valence-electron chi connectivity index (χ0n) is 14.0. The van der Waals surface area contributed by atoms with Gasteiger partial charge in [-0.15, -0.1) is 0 Å². The van der Waals surface area contributed by atoms with Crippen LogP contribution in [0, 0.1) is 27.4 Å². The number of benzene rings is 1. The summed E-state index contributed by atoms with van der Waals surface area (Å²) in [5, 5.41) is 33.9. The molecule has 3 N–H and O–H groups in total. The van der Waals surface area contributed by atoms with Crippen LogP contribution in [-0.2, 0) is 9.59 Å². The van der Waals surface area contributed by atoms with Crippen LogP contribution in [0.25, 0.3) is 0 Å². The first-order valence-corrected chi connectivity index (χ1v) is 7.88. The number of hydrogen-bond acceptors (Lipinski definition) is 6. The minimum absolute atomic E-state index is 0.0265. The number of nitriles is 1. The number of rotatable bonds is 8. The Hall–Kier alpha value is -3.12. The number of anilines is 1. The molecule has 0 spiro atoms. The van der Waals surface area contributed by atoms with Crippen molar-refractivity contribution in [3.05, 3.63) is 45.1 Å². The number of nitro groups is 1. The van der Waals surface area contributed by atoms with E-state index in [4.69, 9.17) is 22.0 Å². The number of aliphatic carboxylic acids is 1. The van der Waals surface area contributed by atoms with Gasteiger partial charge in [-0.25, -0.2) is 4.79 Å². The number of carbonyl (C=O) groups is 2. The van der Waals surface area contributed by atoms with Gasteiger partial charge in [-0.2, -0.15) is 5.26 Å². The summed E-state index contributed by atoms with van der Waals surface area (Å²) < 4.78 is 0. The van der Waals surface area contributed by atoms with Crippen molar-refractivity contribution in [3.63, 3.8) is 0 Å². The first kappa shape index (κ1) is 20.9. The van der Waals surface area contributed by atoms with Crippen LogP contribution in [0.5, 0.6) is 0 Å². The second-order valence-corrected chi connectivity index (χ2v) is 6.14. The molecule has 0 aliphatic carbocycles. The Bertz CT molecular complexity index is 785. The zero-order chi connectivity index (χ0) is 19.9. The lowest BCUT2D eigenvalue weighted by Crippen LogP contribution is -2.42. The van der Waals surface area contributed by atoms with E-state index >= 15 is 0 Å². The predicted molar refractivity (Wildman–Crippen MR) is 94.4 cm³/mol. The maximum absolute atomic E-state index is 12.1. The van der Waals surface area contributed by atoms with Gasteiger partial charge in [-0.1, -0.05) is 25.4 Å². The van der Waals surface area contributed by atoms with Gasteiger partial charge < -0.3 is 15.7 Å². The molecule has 26 heavy (non-hydrogen) atoms. The molecule has 0 bridgehead atoms. The summed E-state index contributed by atoms with van der Waals surface area (Å²) >= 11 is 5.70. The fourth-order valence-electron chi connectivity index (χ4n) is 1.98. The smallest absolute Gasteiger partial charge is 0.326 e. The van der Waals surface area contributed by atoms with Gasteiger partial charge in [0.1, 0.15) is 22.7 Å². The molecule has 0 aliphatic rings. The Morgan fingerprint density at radius 2 is 2.12 bits per heavy atom. The highest BCUT2D eigenvalue weighted by atomic mass is 35.5. The monoisotopic (exact) mass is 380 g/mol. The topological polar surface area (TPSA) is 145 Å². The number of amides is 1. The minimum atomic E-state index is -1.20. The van der Waals surface area contributed by atoms with Gasteiger partial charge in [-0.3, -0.25) is 14.9 Å². The minimum Gasteiger partial charge on any atom is -0.480 e. The summed E-state index contributed by atoms with van der Waals surface area (Å²) in [6, 6.07) is 4.39. The first-order valence-electron chi connectivity index (χ1n) is 7.50. The number of nitro benzene ring substituents is 1. The second kappa shape index (κ2) is 9.39. The van der Waals surface area contributed by atoms with Gasteiger partial charge in [0.2, 0.25) is 0 Å². The van der Waals surface area contributed by atoms with Crippen LogP contribution in [0.15, 0.2) is 30.0 Å². The normalized spacial score (nSPS) is 12.2. The molecule has 1 atom stereocenters. The highest BCUT2D eigenvalue weighted by Crippen LogP contribution is 2.27. The molecule has 9 nitrogen and oxygen atoms in total. The molecule has 0 radical (unpaired) electrons. The van der Waals surface area contributed by atoms with Crippen LogP contribution in [0.3, 0.4) is 0 Å². The summed E-state index contributed by atoms with van der Waals surface area (Å²) in [6.45, 7) is 3.61. The van der Waals surface area contributed by atoms with E-state index in [1.807, 2.05) is 0 Å². The summed E-state index contributed by atoms with van der Waals surface area (Å²) in [7, 11) is 0. The second-order valence-electron chi connectivity index (χ2n) is 5.73. The quantitative estimate of drug-likeness (QED) is 0.272. The molecule has 138 valence electrons. The molecule has 1 rings (SSSR count). The zero-order valence-corrected chi connectivity index (χ0v) is 14.8. The molecule has 1 amide bonds. The molecular formula is C16H17ClN4O5. The lowest BCUT2D eigenvalue weighted by atomic mass is 10.0. The number of nitrogens with one attached hydrogen (secondary N) is 2. The maximum Gasteiger partial charge on any atom is 0.326 e. The van der Waals surface area contributed by atoms with Crippen molar-refractivity contribution < 1.29 is 19.6 Å². The Balaban J connectivity index is 2.92. The summed E-state index contributed by atoms with van der Waals surface area (Å²) in [5.74, 6) is -2.04.